The van der Waals surface area contributed by atoms with E-state index in [9.17, 15) is 5.11 Å². The van der Waals surface area contributed by atoms with Gasteiger partial charge in [-0.1, -0.05) is 30.3 Å². The van der Waals surface area contributed by atoms with E-state index in [4.69, 9.17) is 9.15 Å². The number of ether oxygens (including phenoxy) is 1. The Balaban J connectivity index is 2.07. The smallest absolute Gasteiger partial charge is 0.286 e. The molecule has 1 aromatic heterocycles. The van der Waals surface area contributed by atoms with Crippen molar-refractivity contribution >= 4 is 0 Å². The fraction of sp³-hybridized carbons (Fsp3) is 0.0909. The number of aliphatic hydroxyl groups is 1. The van der Waals surface area contributed by atoms with Crippen LogP contribution in [-0.2, 0) is 0 Å². The van der Waals surface area contributed by atoms with Crippen LogP contribution in [0.3, 0.4) is 0 Å². The van der Waals surface area contributed by atoms with Crippen LogP contribution in [0.2, 0.25) is 0 Å². The largest absolute Gasteiger partial charge is 0.434 e. The molecule has 0 aliphatic rings. The van der Waals surface area contributed by atoms with Crippen LogP contribution >= 0.6 is 0 Å². The summed E-state index contributed by atoms with van der Waals surface area (Å²) in [6.45, 7) is 0. The molecule has 1 aromatic carbocycles. The van der Waals surface area contributed by atoms with Gasteiger partial charge in [0.05, 0.1) is 6.26 Å². The maximum Gasteiger partial charge on any atom is 0.286 e. The molecule has 0 saturated heterocycles. The molecule has 1 N–H and O–H groups in total. The molecule has 2 aromatic rings. The lowest BCUT2D eigenvalue weighted by molar-refractivity contribution is -0.0349. The Morgan fingerprint density at radius 1 is 1.07 bits per heavy atom. The molecular weight excluding hydrogens is 180 g/mol. The lowest BCUT2D eigenvalue weighted by atomic mass is 10.2. The molecule has 1 heterocycles. The summed E-state index contributed by atoms with van der Waals surface area (Å²) in [7, 11) is 0. The molecule has 2 rings (SSSR count). The molecule has 0 aliphatic heterocycles. The average Bonchev–Trinajstić information content (AvgIpc) is 2.72. The van der Waals surface area contributed by atoms with Gasteiger partial charge >= 0.3 is 0 Å². The number of rotatable bonds is 3. The summed E-state index contributed by atoms with van der Waals surface area (Å²) in [5, 5.41) is 9.61. The second-order valence-electron chi connectivity index (χ2n) is 2.81. The van der Waals surface area contributed by atoms with Crippen molar-refractivity contribution < 1.29 is 14.3 Å². The summed E-state index contributed by atoms with van der Waals surface area (Å²) >= 11 is 0. The Morgan fingerprint density at radius 2 is 1.86 bits per heavy atom. The van der Waals surface area contributed by atoms with Gasteiger partial charge in [-0.15, -0.1) is 0 Å². The summed E-state index contributed by atoms with van der Waals surface area (Å²) in [4.78, 5) is 0. The zero-order valence-corrected chi connectivity index (χ0v) is 7.46. The van der Waals surface area contributed by atoms with Crippen LogP contribution in [0.1, 0.15) is 11.9 Å². The number of aliphatic hydroxyl groups excluding tert-OH is 1. The third-order valence-electron chi connectivity index (χ3n) is 1.81. The second-order valence-corrected chi connectivity index (χ2v) is 2.81. The topological polar surface area (TPSA) is 42.6 Å². The number of benzene rings is 1. The molecule has 0 radical (unpaired) electrons. The third kappa shape index (κ3) is 1.95. The van der Waals surface area contributed by atoms with Gasteiger partial charge in [-0.05, 0) is 6.07 Å². The molecule has 0 fully saturated rings. The van der Waals surface area contributed by atoms with Gasteiger partial charge in [0.15, 0.2) is 0 Å². The van der Waals surface area contributed by atoms with Gasteiger partial charge in [0.25, 0.3) is 5.95 Å². The molecule has 1 unspecified atom stereocenters. The Morgan fingerprint density at radius 3 is 2.50 bits per heavy atom. The van der Waals surface area contributed by atoms with Crippen molar-refractivity contribution in [3.63, 3.8) is 0 Å². The zero-order valence-electron chi connectivity index (χ0n) is 7.46. The van der Waals surface area contributed by atoms with Gasteiger partial charge in [0.1, 0.15) is 0 Å². The molecule has 0 aliphatic carbocycles. The van der Waals surface area contributed by atoms with E-state index in [1.54, 1.807) is 24.3 Å². The molecular formula is C11H10O3. The van der Waals surface area contributed by atoms with Gasteiger partial charge in [-0.3, -0.25) is 0 Å². The Labute approximate surface area is 81.6 Å². The maximum absolute atomic E-state index is 9.61. The first-order chi connectivity index (χ1) is 6.86. The highest BCUT2D eigenvalue weighted by Gasteiger charge is 2.09. The van der Waals surface area contributed by atoms with E-state index in [-0.39, 0.29) is 0 Å². The van der Waals surface area contributed by atoms with E-state index in [1.165, 1.54) is 6.26 Å². The minimum Gasteiger partial charge on any atom is -0.434 e. The van der Waals surface area contributed by atoms with Gasteiger partial charge < -0.3 is 14.3 Å². The van der Waals surface area contributed by atoms with Crippen LogP contribution in [0.4, 0.5) is 0 Å². The van der Waals surface area contributed by atoms with Crippen molar-refractivity contribution in [3.8, 4) is 5.95 Å². The van der Waals surface area contributed by atoms with Gasteiger partial charge in [0, 0.05) is 11.6 Å². The molecule has 3 nitrogen and oxygen atoms in total. The molecule has 0 spiro atoms. The van der Waals surface area contributed by atoms with E-state index in [1.807, 2.05) is 18.2 Å². The van der Waals surface area contributed by atoms with Crippen LogP contribution in [0, 0.1) is 0 Å². The lowest BCUT2D eigenvalue weighted by Gasteiger charge is -2.10. The molecule has 0 amide bonds. The normalized spacial score (nSPS) is 12.4. The molecule has 3 heteroatoms. The van der Waals surface area contributed by atoms with Crippen LogP contribution in [0.25, 0.3) is 0 Å². The third-order valence-corrected chi connectivity index (χ3v) is 1.81. The summed E-state index contributed by atoms with van der Waals surface area (Å²) in [6, 6.07) is 12.5. The zero-order chi connectivity index (χ0) is 9.80. The molecule has 1 atom stereocenters. The minimum atomic E-state index is -0.984. The van der Waals surface area contributed by atoms with Crippen molar-refractivity contribution in [2.75, 3.05) is 0 Å². The van der Waals surface area contributed by atoms with E-state index in [0.717, 1.165) is 0 Å². The maximum atomic E-state index is 9.61. The Bertz CT molecular complexity index is 367. The van der Waals surface area contributed by atoms with Gasteiger partial charge in [-0.2, -0.15) is 0 Å². The summed E-state index contributed by atoms with van der Waals surface area (Å²) in [5.74, 6) is 0.307. The van der Waals surface area contributed by atoms with Crippen LogP contribution in [-0.4, -0.2) is 5.11 Å². The van der Waals surface area contributed by atoms with Gasteiger partial charge in [0.2, 0.25) is 6.29 Å². The summed E-state index contributed by atoms with van der Waals surface area (Å²) in [5.41, 5.74) is 0.698. The van der Waals surface area contributed by atoms with Crippen molar-refractivity contribution in [2.24, 2.45) is 0 Å². The standard InChI is InChI=1S/C11H10O3/c12-11(9-5-2-1-3-6-9)14-10-7-4-8-13-10/h1-8,11-12H. The number of furan rings is 1. The number of hydrogen-bond acceptors (Lipinski definition) is 3. The second kappa shape index (κ2) is 3.98. The summed E-state index contributed by atoms with van der Waals surface area (Å²) in [6.07, 6.45) is 0.509. The van der Waals surface area contributed by atoms with Crippen molar-refractivity contribution in [1.82, 2.24) is 0 Å². The monoisotopic (exact) mass is 190 g/mol. The first-order valence-electron chi connectivity index (χ1n) is 4.29. The fourth-order valence-corrected chi connectivity index (χ4v) is 1.13. The number of hydrogen-bond donors (Lipinski definition) is 1. The molecule has 14 heavy (non-hydrogen) atoms. The highest BCUT2D eigenvalue weighted by atomic mass is 16.7. The highest BCUT2D eigenvalue weighted by Crippen LogP contribution is 2.19. The molecule has 0 saturated carbocycles. The van der Waals surface area contributed by atoms with Crippen LogP contribution in [0.5, 0.6) is 5.95 Å². The van der Waals surface area contributed by atoms with Crippen molar-refractivity contribution in [2.45, 2.75) is 6.29 Å². The van der Waals surface area contributed by atoms with Crippen LogP contribution in [0.15, 0.2) is 53.1 Å². The SMILES string of the molecule is OC(Oc1ccco1)c1ccccc1. The first kappa shape index (κ1) is 8.84. The average molecular weight is 190 g/mol. The van der Waals surface area contributed by atoms with E-state index < -0.39 is 6.29 Å². The van der Waals surface area contributed by atoms with Crippen molar-refractivity contribution in [3.05, 3.63) is 54.3 Å². The summed E-state index contributed by atoms with van der Waals surface area (Å²) < 4.78 is 10.1. The Kier molecular flexibility index (Phi) is 2.51. The highest BCUT2D eigenvalue weighted by molar-refractivity contribution is 5.17. The minimum absolute atomic E-state index is 0.307. The van der Waals surface area contributed by atoms with E-state index in [2.05, 4.69) is 0 Å². The van der Waals surface area contributed by atoms with Crippen LogP contribution < -0.4 is 4.74 Å². The van der Waals surface area contributed by atoms with E-state index in [0.29, 0.717) is 11.5 Å². The van der Waals surface area contributed by atoms with Crippen molar-refractivity contribution in [1.29, 1.82) is 0 Å². The van der Waals surface area contributed by atoms with E-state index >= 15 is 0 Å². The predicted octanol–water partition coefficient (Wildman–Crippen LogP) is 2.35. The molecule has 72 valence electrons. The first-order valence-corrected chi connectivity index (χ1v) is 4.29. The van der Waals surface area contributed by atoms with Gasteiger partial charge in [-0.25, -0.2) is 0 Å². The Hall–Kier alpha value is -1.74. The fourth-order valence-electron chi connectivity index (χ4n) is 1.13. The predicted molar refractivity (Wildman–Crippen MR) is 50.7 cm³/mol. The molecule has 0 bridgehead atoms. The quantitative estimate of drug-likeness (QED) is 0.755. The lowest BCUT2D eigenvalue weighted by Crippen LogP contribution is -2.05.